The van der Waals surface area contributed by atoms with Gasteiger partial charge in [-0.25, -0.2) is 4.39 Å². The van der Waals surface area contributed by atoms with Gasteiger partial charge in [-0.1, -0.05) is 51.5 Å². The molecule has 1 saturated heterocycles. The van der Waals surface area contributed by atoms with Crippen molar-refractivity contribution in [3.05, 3.63) is 47.5 Å². The second-order valence-electron chi connectivity index (χ2n) is 10.1. The molecule has 3 aliphatic rings. The number of allylic oxidation sites excluding steroid dienone is 7. The summed E-state index contributed by atoms with van der Waals surface area (Å²) in [6, 6.07) is -0.232. The summed E-state index contributed by atoms with van der Waals surface area (Å²) in [5, 5.41) is 13.2. The highest BCUT2D eigenvalue weighted by molar-refractivity contribution is 5.82. The molecule has 1 aliphatic heterocycles. The smallest absolute Gasteiger partial charge is 0.239 e. The van der Waals surface area contributed by atoms with Crippen LogP contribution in [0.15, 0.2) is 47.5 Å². The number of rotatable bonds is 6. The minimum absolute atomic E-state index is 0. The van der Waals surface area contributed by atoms with Crippen molar-refractivity contribution in [1.29, 1.82) is 0 Å². The average Bonchev–Trinajstić information content (AvgIpc) is 2.68. The Bertz CT molecular complexity index is 767. The molecular weight excluding hydrogens is 395 g/mol. The summed E-state index contributed by atoms with van der Waals surface area (Å²) in [4.78, 5) is 15.4. The minimum Gasteiger partial charge on any atom is -0.512 e. The van der Waals surface area contributed by atoms with Gasteiger partial charge in [0.05, 0.1) is 11.8 Å². The summed E-state index contributed by atoms with van der Waals surface area (Å²) in [6.07, 6.45) is 12.1. The first kappa shape index (κ1) is 25.3. The fourth-order valence-corrected chi connectivity index (χ4v) is 5.10. The highest BCUT2D eigenvalue weighted by Crippen LogP contribution is 2.42. The minimum atomic E-state index is -0.232. The zero-order valence-electron chi connectivity index (χ0n) is 19.3. The summed E-state index contributed by atoms with van der Waals surface area (Å²) < 4.78 is 13.4. The number of nitrogens with zero attached hydrogens (tertiary/aromatic N) is 1. The zero-order valence-corrected chi connectivity index (χ0v) is 19.3. The van der Waals surface area contributed by atoms with Crippen LogP contribution in [0.1, 0.15) is 53.4 Å². The van der Waals surface area contributed by atoms with Crippen molar-refractivity contribution < 1.29 is 19.8 Å². The third kappa shape index (κ3) is 6.30. The van der Waals surface area contributed by atoms with Gasteiger partial charge < -0.3 is 20.8 Å². The van der Waals surface area contributed by atoms with Gasteiger partial charge in [0.15, 0.2) is 0 Å². The molecule has 6 heteroatoms. The van der Waals surface area contributed by atoms with E-state index in [4.69, 9.17) is 0 Å². The molecule has 2 unspecified atom stereocenters. The van der Waals surface area contributed by atoms with Crippen molar-refractivity contribution in [2.45, 2.75) is 59.4 Å². The number of piperidine rings is 1. The van der Waals surface area contributed by atoms with E-state index in [2.05, 4.69) is 39.1 Å². The Balaban J connectivity index is 0.00000341. The van der Waals surface area contributed by atoms with Crippen LogP contribution in [0.2, 0.25) is 0 Å². The van der Waals surface area contributed by atoms with E-state index in [1.165, 1.54) is 5.57 Å². The molecule has 31 heavy (non-hydrogen) atoms. The Morgan fingerprint density at radius 2 is 2.03 bits per heavy atom. The SMILES string of the molecule is CC(C)[C@@H](NCC1C=CC=C(O)C1)C(=O)N1CCC(C2=CC=C(F)CC2)C(C)(C)C1.O. The summed E-state index contributed by atoms with van der Waals surface area (Å²) in [5.74, 6) is 1.30. The van der Waals surface area contributed by atoms with Gasteiger partial charge in [-0.2, -0.15) is 0 Å². The number of carbonyl (C=O) groups is 1. The first-order valence-corrected chi connectivity index (χ1v) is 11.3. The Labute approximate surface area is 186 Å². The van der Waals surface area contributed by atoms with Crippen molar-refractivity contribution in [2.24, 2.45) is 23.2 Å². The monoisotopic (exact) mass is 434 g/mol. The van der Waals surface area contributed by atoms with Crippen LogP contribution < -0.4 is 5.32 Å². The number of carbonyl (C=O) groups excluding carboxylic acids is 1. The average molecular weight is 435 g/mol. The predicted octanol–water partition coefficient (Wildman–Crippen LogP) is 4.24. The summed E-state index contributed by atoms with van der Waals surface area (Å²) in [7, 11) is 0. The molecule has 1 heterocycles. The predicted molar refractivity (Wildman–Crippen MR) is 123 cm³/mol. The van der Waals surface area contributed by atoms with Crippen molar-refractivity contribution in [2.75, 3.05) is 19.6 Å². The van der Waals surface area contributed by atoms with E-state index in [0.29, 0.717) is 31.1 Å². The lowest BCUT2D eigenvalue weighted by Crippen LogP contribution is -2.56. The molecule has 0 saturated carbocycles. The Morgan fingerprint density at radius 3 is 2.61 bits per heavy atom. The number of nitrogens with one attached hydrogen (secondary N) is 1. The molecule has 0 bridgehead atoms. The molecule has 0 spiro atoms. The number of aliphatic hydroxyl groups is 1. The molecule has 3 rings (SSSR count). The number of amides is 1. The fraction of sp³-hybridized carbons (Fsp3) is 0.640. The molecule has 2 aliphatic carbocycles. The summed E-state index contributed by atoms with van der Waals surface area (Å²) in [5.41, 5.74) is 1.29. The zero-order chi connectivity index (χ0) is 21.9. The quantitative estimate of drug-likeness (QED) is 0.656. The van der Waals surface area contributed by atoms with Crippen molar-refractivity contribution in [3.63, 3.8) is 0 Å². The van der Waals surface area contributed by atoms with Gasteiger partial charge in [-0.3, -0.25) is 4.79 Å². The van der Waals surface area contributed by atoms with Gasteiger partial charge in [0.25, 0.3) is 0 Å². The van der Waals surface area contributed by atoms with E-state index in [9.17, 15) is 14.3 Å². The first-order valence-electron chi connectivity index (χ1n) is 11.3. The van der Waals surface area contributed by atoms with Gasteiger partial charge in [0.2, 0.25) is 5.91 Å². The standard InChI is InChI=1S/C25H37FN2O2.H2O/c1-17(2)23(27-15-18-6-5-7-21(29)14-18)24(30)28-13-12-22(25(3,4)16-28)19-8-10-20(26)11-9-19;/h5-8,10,17-18,22-23,27,29H,9,11-16H2,1-4H3;1H2/t18?,22?,23-;/m1./s1. The van der Waals surface area contributed by atoms with E-state index >= 15 is 0 Å². The van der Waals surface area contributed by atoms with Gasteiger partial charge in [0.1, 0.15) is 5.83 Å². The van der Waals surface area contributed by atoms with Crippen LogP contribution in [-0.4, -0.2) is 47.1 Å². The second-order valence-corrected chi connectivity index (χ2v) is 10.1. The lowest BCUT2D eigenvalue weighted by Gasteiger charge is -2.47. The summed E-state index contributed by atoms with van der Waals surface area (Å²) >= 11 is 0. The van der Waals surface area contributed by atoms with E-state index in [1.54, 1.807) is 12.2 Å². The number of hydrogen-bond acceptors (Lipinski definition) is 3. The molecule has 0 aromatic heterocycles. The lowest BCUT2D eigenvalue weighted by atomic mass is 9.68. The van der Waals surface area contributed by atoms with Gasteiger partial charge >= 0.3 is 0 Å². The van der Waals surface area contributed by atoms with Crippen LogP contribution >= 0.6 is 0 Å². The van der Waals surface area contributed by atoms with Crippen LogP contribution in [-0.2, 0) is 4.79 Å². The molecule has 0 aromatic carbocycles. The van der Waals surface area contributed by atoms with E-state index in [-0.39, 0.29) is 40.5 Å². The Hall–Kier alpha value is -1.92. The first-order chi connectivity index (χ1) is 14.2. The molecule has 1 fully saturated rings. The van der Waals surface area contributed by atoms with Crippen molar-refractivity contribution in [3.8, 4) is 0 Å². The molecule has 5 nitrogen and oxygen atoms in total. The normalized spacial score (nSPS) is 26.5. The van der Waals surface area contributed by atoms with E-state index < -0.39 is 0 Å². The van der Waals surface area contributed by atoms with E-state index in [1.807, 2.05) is 17.1 Å². The molecule has 4 N–H and O–H groups in total. The topological polar surface area (TPSA) is 84.1 Å². The molecule has 174 valence electrons. The molecule has 1 amide bonds. The molecule has 0 radical (unpaired) electrons. The highest BCUT2D eigenvalue weighted by atomic mass is 19.1. The Kier molecular flexibility index (Phi) is 8.66. The van der Waals surface area contributed by atoms with Gasteiger partial charge in [-0.15, -0.1) is 0 Å². The number of aliphatic hydroxyl groups excluding tert-OH is 1. The maximum absolute atomic E-state index is 13.4. The second kappa shape index (κ2) is 10.6. The third-order valence-electron chi connectivity index (χ3n) is 6.80. The highest BCUT2D eigenvalue weighted by Gasteiger charge is 2.41. The van der Waals surface area contributed by atoms with Gasteiger partial charge in [-0.05, 0) is 48.2 Å². The van der Waals surface area contributed by atoms with Crippen molar-refractivity contribution in [1.82, 2.24) is 10.2 Å². The van der Waals surface area contributed by atoms with Crippen LogP contribution in [0, 0.1) is 23.2 Å². The maximum Gasteiger partial charge on any atom is 0.239 e. The number of likely N-dealkylation sites (tertiary alicyclic amines) is 1. The third-order valence-corrected chi connectivity index (χ3v) is 6.80. The Morgan fingerprint density at radius 1 is 1.29 bits per heavy atom. The van der Waals surface area contributed by atoms with Crippen LogP contribution in [0.4, 0.5) is 4.39 Å². The van der Waals surface area contributed by atoms with Gasteiger partial charge in [0, 0.05) is 32.5 Å². The van der Waals surface area contributed by atoms with Crippen LogP contribution in [0.5, 0.6) is 0 Å². The molecule has 0 aromatic rings. The van der Waals surface area contributed by atoms with Crippen LogP contribution in [0.3, 0.4) is 0 Å². The molecule has 3 atom stereocenters. The fourth-order valence-electron chi connectivity index (χ4n) is 5.10. The number of hydrogen-bond donors (Lipinski definition) is 2. The molecular formula is C25H39FN2O3. The van der Waals surface area contributed by atoms with E-state index in [0.717, 1.165) is 25.9 Å². The van der Waals surface area contributed by atoms with Crippen LogP contribution in [0.25, 0.3) is 0 Å². The maximum atomic E-state index is 13.4. The summed E-state index contributed by atoms with van der Waals surface area (Å²) in [6.45, 7) is 10.8. The number of halogens is 1. The lowest BCUT2D eigenvalue weighted by molar-refractivity contribution is -0.138. The largest absolute Gasteiger partial charge is 0.512 e. The van der Waals surface area contributed by atoms with Crippen molar-refractivity contribution >= 4 is 5.91 Å².